The average molecular weight is 266 g/mol. The van der Waals surface area contributed by atoms with Gasteiger partial charge < -0.3 is 5.11 Å². The van der Waals surface area contributed by atoms with Crippen molar-refractivity contribution in [3.05, 3.63) is 65.9 Å². The summed E-state index contributed by atoms with van der Waals surface area (Å²) in [4.78, 5) is 11.0. The predicted molar refractivity (Wildman–Crippen MR) is 76.9 cm³/mol. The number of fused-ring (bicyclic) bond motifs is 1. The molecule has 1 unspecified atom stereocenters. The van der Waals surface area contributed by atoms with Crippen molar-refractivity contribution in [2.75, 3.05) is 0 Å². The lowest BCUT2D eigenvalue weighted by Crippen LogP contribution is -2.06. The third-order valence-corrected chi connectivity index (χ3v) is 3.45. The van der Waals surface area contributed by atoms with Gasteiger partial charge >= 0.3 is 5.97 Å². The van der Waals surface area contributed by atoms with Crippen LogP contribution in [0.3, 0.4) is 0 Å². The molecule has 0 saturated carbocycles. The summed E-state index contributed by atoms with van der Waals surface area (Å²) in [5.41, 5.74) is 2.25. The number of hydrogen-bond donors (Lipinski definition) is 1. The van der Waals surface area contributed by atoms with Gasteiger partial charge in [0.2, 0.25) is 0 Å². The molecule has 1 N–H and O–H groups in total. The fraction of sp³-hybridized carbons (Fsp3) is 0.125. The Labute approximate surface area is 116 Å². The van der Waals surface area contributed by atoms with Crippen molar-refractivity contribution >= 4 is 16.9 Å². The molecule has 3 rings (SSSR count). The topological polar surface area (TPSA) is 55.1 Å². The van der Waals surface area contributed by atoms with Gasteiger partial charge in [-0.25, -0.2) is 4.79 Å². The summed E-state index contributed by atoms with van der Waals surface area (Å²) in [7, 11) is 0. The fourth-order valence-corrected chi connectivity index (χ4v) is 2.26. The summed E-state index contributed by atoms with van der Waals surface area (Å²) in [6.07, 6.45) is 1.89. The smallest absolute Gasteiger partial charge is 0.335 e. The first-order chi connectivity index (χ1) is 9.65. The molecule has 1 heterocycles. The van der Waals surface area contributed by atoms with E-state index in [9.17, 15) is 4.79 Å². The van der Waals surface area contributed by atoms with Crippen LogP contribution in [0.2, 0.25) is 0 Å². The molecule has 0 aliphatic rings. The van der Waals surface area contributed by atoms with E-state index in [0.29, 0.717) is 0 Å². The lowest BCUT2D eigenvalue weighted by molar-refractivity contribution is 0.0697. The molecule has 3 aromatic rings. The van der Waals surface area contributed by atoms with Crippen LogP contribution in [-0.4, -0.2) is 20.9 Å². The van der Waals surface area contributed by atoms with Crippen molar-refractivity contribution in [3.63, 3.8) is 0 Å². The molecule has 0 saturated heterocycles. The van der Waals surface area contributed by atoms with Crippen molar-refractivity contribution < 1.29 is 9.90 Å². The first kappa shape index (κ1) is 12.4. The zero-order valence-corrected chi connectivity index (χ0v) is 11.0. The molecule has 4 heteroatoms. The van der Waals surface area contributed by atoms with Gasteiger partial charge in [-0.3, -0.25) is 4.68 Å². The van der Waals surface area contributed by atoms with E-state index in [2.05, 4.69) is 24.2 Å². The Hall–Kier alpha value is -2.62. The Morgan fingerprint density at radius 3 is 2.65 bits per heavy atom. The van der Waals surface area contributed by atoms with Gasteiger partial charge in [0.05, 0.1) is 17.1 Å². The third kappa shape index (κ3) is 2.16. The Kier molecular flexibility index (Phi) is 2.99. The van der Waals surface area contributed by atoms with E-state index in [-0.39, 0.29) is 11.6 Å². The number of aromatic carboxylic acids is 1. The number of benzene rings is 2. The standard InChI is InChI=1S/C16H14N2O2/c1-11(12-5-3-2-4-6-12)18-10-14-9-13(16(19)20)7-8-15(14)17-18/h2-11H,1H3,(H,19,20). The monoisotopic (exact) mass is 266 g/mol. The van der Waals surface area contributed by atoms with Crippen LogP contribution < -0.4 is 0 Å². The van der Waals surface area contributed by atoms with E-state index >= 15 is 0 Å². The highest BCUT2D eigenvalue weighted by molar-refractivity contribution is 5.93. The minimum absolute atomic E-state index is 0.108. The Morgan fingerprint density at radius 2 is 1.95 bits per heavy atom. The van der Waals surface area contributed by atoms with Crippen molar-refractivity contribution in [2.24, 2.45) is 0 Å². The Bertz CT molecular complexity index is 763. The van der Waals surface area contributed by atoms with Gasteiger partial charge in [-0.1, -0.05) is 30.3 Å². The summed E-state index contributed by atoms with van der Waals surface area (Å²) in [5, 5.41) is 14.4. The zero-order valence-electron chi connectivity index (χ0n) is 11.0. The highest BCUT2D eigenvalue weighted by Gasteiger charge is 2.11. The highest BCUT2D eigenvalue weighted by Crippen LogP contribution is 2.21. The highest BCUT2D eigenvalue weighted by atomic mass is 16.4. The number of rotatable bonds is 3. The van der Waals surface area contributed by atoms with Gasteiger partial charge in [-0.15, -0.1) is 0 Å². The molecule has 0 fully saturated rings. The lowest BCUT2D eigenvalue weighted by atomic mass is 10.1. The molecule has 0 spiro atoms. The predicted octanol–water partition coefficient (Wildman–Crippen LogP) is 3.34. The maximum Gasteiger partial charge on any atom is 0.335 e. The molecular weight excluding hydrogens is 252 g/mol. The number of nitrogens with zero attached hydrogens (tertiary/aromatic N) is 2. The molecule has 1 atom stereocenters. The number of aromatic nitrogens is 2. The van der Waals surface area contributed by atoms with Crippen LogP contribution in [0.4, 0.5) is 0 Å². The number of carboxylic acids is 1. The van der Waals surface area contributed by atoms with Gasteiger partial charge in [0.25, 0.3) is 0 Å². The summed E-state index contributed by atoms with van der Waals surface area (Å²) in [6.45, 7) is 2.07. The van der Waals surface area contributed by atoms with Crippen LogP contribution in [0, 0.1) is 0 Å². The molecule has 0 bridgehead atoms. The normalized spacial score (nSPS) is 12.4. The second kappa shape index (κ2) is 4.81. The molecule has 0 aliphatic carbocycles. The van der Waals surface area contributed by atoms with Crippen molar-refractivity contribution in [1.82, 2.24) is 9.78 Å². The Balaban J connectivity index is 2.03. The maximum atomic E-state index is 11.0. The van der Waals surface area contributed by atoms with E-state index in [0.717, 1.165) is 10.9 Å². The van der Waals surface area contributed by atoms with Crippen molar-refractivity contribution in [1.29, 1.82) is 0 Å². The zero-order chi connectivity index (χ0) is 14.1. The molecule has 100 valence electrons. The first-order valence-corrected chi connectivity index (χ1v) is 6.42. The van der Waals surface area contributed by atoms with Crippen LogP contribution in [0.15, 0.2) is 54.7 Å². The Morgan fingerprint density at radius 1 is 1.20 bits per heavy atom. The van der Waals surface area contributed by atoms with E-state index in [4.69, 9.17) is 5.11 Å². The fourth-order valence-electron chi connectivity index (χ4n) is 2.26. The molecule has 4 nitrogen and oxygen atoms in total. The van der Waals surface area contributed by atoms with Crippen LogP contribution in [0.1, 0.15) is 28.9 Å². The van der Waals surface area contributed by atoms with Gasteiger partial charge in [-0.05, 0) is 30.7 Å². The average Bonchev–Trinajstić information content (AvgIpc) is 2.90. The SMILES string of the molecule is CC(c1ccccc1)n1cc2cc(C(=O)O)ccc2n1. The van der Waals surface area contributed by atoms with Gasteiger partial charge in [0.1, 0.15) is 0 Å². The van der Waals surface area contributed by atoms with Crippen molar-refractivity contribution in [3.8, 4) is 0 Å². The number of hydrogen-bond acceptors (Lipinski definition) is 2. The van der Waals surface area contributed by atoms with E-state index in [1.54, 1.807) is 18.2 Å². The minimum atomic E-state index is -0.921. The van der Waals surface area contributed by atoms with Gasteiger partial charge in [0, 0.05) is 11.6 Å². The van der Waals surface area contributed by atoms with Gasteiger partial charge in [-0.2, -0.15) is 5.10 Å². The molecule has 2 aromatic carbocycles. The van der Waals surface area contributed by atoms with E-state index in [1.165, 1.54) is 5.56 Å². The summed E-state index contributed by atoms with van der Waals surface area (Å²) < 4.78 is 1.87. The first-order valence-electron chi connectivity index (χ1n) is 6.42. The van der Waals surface area contributed by atoms with E-state index < -0.39 is 5.97 Å². The summed E-state index contributed by atoms with van der Waals surface area (Å²) in [5.74, 6) is -0.921. The summed E-state index contributed by atoms with van der Waals surface area (Å²) >= 11 is 0. The number of carboxylic acid groups (broad SMARTS) is 1. The van der Waals surface area contributed by atoms with E-state index in [1.807, 2.05) is 29.1 Å². The van der Waals surface area contributed by atoms with Crippen LogP contribution in [-0.2, 0) is 0 Å². The molecule has 0 amide bonds. The number of carbonyl (C=O) groups is 1. The second-order valence-electron chi connectivity index (χ2n) is 4.77. The molecule has 1 aromatic heterocycles. The van der Waals surface area contributed by atoms with Crippen LogP contribution in [0.25, 0.3) is 10.9 Å². The van der Waals surface area contributed by atoms with Gasteiger partial charge in [0.15, 0.2) is 0 Å². The van der Waals surface area contributed by atoms with Crippen molar-refractivity contribution in [2.45, 2.75) is 13.0 Å². The quantitative estimate of drug-likeness (QED) is 0.791. The van der Waals surface area contributed by atoms with Crippen LogP contribution >= 0.6 is 0 Å². The van der Waals surface area contributed by atoms with Crippen LogP contribution in [0.5, 0.6) is 0 Å². The molecular formula is C16H14N2O2. The lowest BCUT2D eigenvalue weighted by Gasteiger charge is -2.11. The molecule has 0 radical (unpaired) electrons. The molecule has 0 aliphatic heterocycles. The maximum absolute atomic E-state index is 11.0. The second-order valence-corrected chi connectivity index (χ2v) is 4.77. The molecule has 20 heavy (non-hydrogen) atoms. The minimum Gasteiger partial charge on any atom is -0.478 e. The summed E-state index contributed by atoms with van der Waals surface area (Å²) in [6, 6.07) is 15.2. The largest absolute Gasteiger partial charge is 0.478 e. The third-order valence-electron chi connectivity index (χ3n) is 3.45.